The summed E-state index contributed by atoms with van der Waals surface area (Å²) in [5.74, 6) is -0.607. The van der Waals surface area contributed by atoms with Crippen LogP contribution in [0.5, 0.6) is 0 Å². The average Bonchev–Trinajstić information content (AvgIpc) is 3.00. The highest BCUT2D eigenvalue weighted by molar-refractivity contribution is 7.98. The average molecular weight is 422 g/mol. The van der Waals surface area contributed by atoms with Gasteiger partial charge < -0.3 is 10.0 Å². The van der Waals surface area contributed by atoms with Crippen LogP contribution >= 0.6 is 23.4 Å². The standard InChI is InChI=1S/C24H20ClNO2S/c1-29-18-13-11-16(12-14-18)15-26-22(19-9-5-6-10-20(19)25)21(23(27)24(26)28)17-7-3-2-4-8-17/h2-14,22,27H,15H2,1H3. The Morgan fingerprint density at radius 2 is 1.62 bits per heavy atom. The van der Waals surface area contributed by atoms with Crippen molar-refractivity contribution < 1.29 is 9.90 Å². The fourth-order valence-corrected chi connectivity index (χ4v) is 4.32. The number of halogens is 1. The van der Waals surface area contributed by atoms with Crippen LogP contribution in [0.3, 0.4) is 0 Å². The van der Waals surface area contributed by atoms with Gasteiger partial charge in [-0.1, -0.05) is 72.3 Å². The molecule has 1 aliphatic heterocycles. The van der Waals surface area contributed by atoms with Gasteiger partial charge in [-0.05, 0) is 41.1 Å². The van der Waals surface area contributed by atoms with Crippen molar-refractivity contribution in [2.45, 2.75) is 17.5 Å². The summed E-state index contributed by atoms with van der Waals surface area (Å²) >= 11 is 8.19. The molecular formula is C24H20ClNO2S. The Morgan fingerprint density at radius 1 is 0.966 bits per heavy atom. The minimum Gasteiger partial charge on any atom is -0.503 e. The van der Waals surface area contributed by atoms with Gasteiger partial charge in [0.15, 0.2) is 5.76 Å². The van der Waals surface area contributed by atoms with Gasteiger partial charge >= 0.3 is 0 Å². The first-order valence-electron chi connectivity index (χ1n) is 9.27. The normalized spacial score (nSPS) is 16.6. The minimum absolute atomic E-state index is 0.221. The number of hydrogen-bond acceptors (Lipinski definition) is 3. The summed E-state index contributed by atoms with van der Waals surface area (Å²) in [6.45, 7) is 0.379. The Labute approximate surface area is 179 Å². The molecule has 1 aliphatic rings. The number of benzene rings is 3. The molecule has 1 amide bonds. The highest BCUT2D eigenvalue weighted by Gasteiger charge is 2.41. The summed E-state index contributed by atoms with van der Waals surface area (Å²) in [5.41, 5.74) is 3.19. The van der Waals surface area contributed by atoms with Crippen LogP contribution in [0.1, 0.15) is 22.7 Å². The molecule has 0 aromatic heterocycles. The third kappa shape index (κ3) is 3.78. The Kier molecular flexibility index (Phi) is 5.65. The zero-order valence-corrected chi connectivity index (χ0v) is 17.5. The second-order valence-electron chi connectivity index (χ2n) is 6.83. The van der Waals surface area contributed by atoms with Crippen molar-refractivity contribution in [3.8, 4) is 0 Å². The van der Waals surface area contributed by atoms with Crippen LogP contribution in [-0.4, -0.2) is 22.2 Å². The molecule has 3 aromatic rings. The zero-order chi connectivity index (χ0) is 20.4. The van der Waals surface area contributed by atoms with Crippen molar-refractivity contribution in [2.75, 3.05) is 6.26 Å². The molecule has 1 unspecified atom stereocenters. The van der Waals surface area contributed by atoms with Crippen molar-refractivity contribution in [3.05, 3.63) is 106 Å². The van der Waals surface area contributed by atoms with Crippen LogP contribution in [-0.2, 0) is 11.3 Å². The van der Waals surface area contributed by atoms with Crippen LogP contribution in [0.4, 0.5) is 0 Å². The molecule has 0 radical (unpaired) electrons. The molecule has 4 rings (SSSR count). The fourth-order valence-electron chi connectivity index (χ4n) is 3.68. The maximum absolute atomic E-state index is 13.1. The van der Waals surface area contributed by atoms with E-state index in [4.69, 9.17) is 11.6 Å². The van der Waals surface area contributed by atoms with Gasteiger partial charge in [0.2, 0.25) is 0 Å². The molecular weight excluding hydrogens is 402 g/mol. The van der Waals surface area contributed by atoms with E-state index in [0.29, 0.717) is 17.1 Å². The molecule has 0 fully saturated rings. The fraction of sp³-hybridized carbons (Fsp3) is 0.125. The molecule has 3 nitrogen and oxygen atoms in total. The summed E-state index contributed by atoms with van der Waals surface area (Å²) in [6.07, 6.45) is 2.03. The van der Waals surface area contributed by atoms with Crippen LogP contribution < -0.4 is 0 Å². The SMILES string of the molecule is CSc1ccc(CN2C(=O)C(O)=C(c3ccccc3)C2c2ccccc2Cl)cc1. The monoisotopic (exact) mass is 421 g/mol. The molecule has 1 heterocycles. The van der Waals surface area contributed by atoms with Crippen LogP contribution in [0, 0.1) is 0 Å². The molecule has 0 aliphatic carbocycles. The number of hydrogen-bond donors (Lipinski definition) is 1. The quantitative estimate of drug-likeness (QED) is 0.505. The number of thioether (sulfide) groups is 1. The van der Waals surface area contributed by atoms with E-state index in [2.05, 4.69) is 0 Å². The lowest BCUT2D eigenvalue weighted by atomic mass is 9.93. The summed E-state index contributed by atoms with van der Waals surface area (Å²) in [5, 5.41) is 11.4. The van der Waals surface area contributed by atoms with Crippen molar-refractivity contribution in [1.29, 1.82) is 0 Å². The van der Waals surface area contributed by atoms with Crippen molar-refractivity contribution in [3.63, 3.8) is 0 Å². The van der Waals surface area contributed by atoms with Crippen LogP contribution in [0.2, 0.25) is 5.02 Å². The number of carbonyl (C=O) groups is 1. The second-order valence-corrected chi connectivity index (χ2v) is 8.12. The number of aliphatic hydroxyl groups excluding tert-OH is 1. The lowest BCUT2D eigenvalue weighted by Crippen LogP contribution is -2.30. The van der Waals surface area contributed by atoms with Gasteiger partial charge in [-0.25, -0.2) is 0 Å². The summed E-state index contributed by atoms with van der Waals surface area (Å²) < 4.78 is 0. The van der Waals surface area contributed by atoms with Crippen molar-refractivity contribution in [1.82, 2.24) is 4.90 Å². The van der Waals surface area contributed by atoms with Crippen LogP contribution in [0.15, 0.2) is 89.5 Å². The summed E-state index contributed by atoms with van der Waals surface area (Å²) in [7, 11) is 0. The Bertz CT molecular complexity index is 1060. The van der Waals surface area contributed by atoms with E-state index in [1.807, 2.05) is 85.1 Å². The first kappa shape index (κ1) is 19.6. The molecule has 146 valence electrons. The summed E-state index contributed by atoms with van der Waals surface area (Å²) in [6, 6.07) is 24.6. The zero-order valence-electron chi connectivity index (χ0n) is 15.9. The van der Waals surface area contributed by atoms with E-state index in [1.165, 1.54) is 0 Å². The van der Waals surface area contributed by atoms with Gasteiger partial charge in [-0.2, -0.15) is 0 Å². The summed E-state index contributed by atoms with van der Waals surface area (Å²) in [4.78, 5) is 15.9. The number of rotatable bonds is 5. The van der Waals surface area contributed by atoms with E-state index in [-0.39, 0.29) is 11.7 Å². The van der Waals surface area contributed by atoms with Gasteiger partial charge in [-0.3, -0.25) is 4.79 Å². The third-order valence-electron chi connectivity index (χ3n) is 5.10. The molecule has 0 spiro atoms. The molecule has 3 aromatic carbocycles. The molecule has 5 heteroatoms. The van der Waals surface area contributed by atoms with Gasteiger partial charge in [0.1, 0.15) is 0 Å². The lowest BCUT2D eigenvalue weighted by molar-refractivity contribution is -0.130. The lowest BCUT2D eigenvalue weighted by Gasteiger charge is -2.28. The highest BCUT2D eigenvalue weighted by atomic mass is 35.5. The first-order valence-corrected chi connectivity index (χ1v) is 10.9. The van der Waals surface area contributed by atoms with Gasteiger partial charge in [0.25, 0.3) is 5.91 Å². The maximum Gasteiger partial charge on any atom is 0.290 e. The Morgan fingerprint density at radius 3 is 2.28 bits per heavy atom. The predicted molar refractivity (Wildman–Crippen MR) is 119 cm³/mol. The Balaban J connectivity index is 1.79. The minimum atomic E-state index is -0.459. The van der Waals surface area contributed by atoms with E-state index in [0.717, 1.165) is 21.6 Å². The van der Waals surface area contributed by atoms with E-state index < -0.39 is 6.04 Å². The Hall–Kier alpha value is -2.69. The molecule has 0 saturated carbocycles. The number of amides is 1. The predicted octanol–water partition coefficient (Wildman–Crippen LogP) is 6.11. The number of nitrogens with zero attached hydrogens (tertiary/aromatic N) is 1. The van der Waals surface area contributed by atoms with Gasteiger partial charge in [0.05, 0.1) is 6.04 Å². The molecule has 29 heavy (non-hydrogen) atoms. The molecule has 0 saturated heterocycles. The van der Waals surface area contributed by atoms with Crippen molar-refractivity contribution >= 4 is 34.8 Å². The number of carbonyl (C=O) groups excluding carboxylic acids is 1. The number of aliphatic hydroxyl groups is 1. The second kappa shape index (κ2) is 8.36. The highest BCUT2D eigenvalue weighted by Crippen LogP contribution is 2.45. The smallest absolute Gasteiger partial charge is 0.290 e. The van der Waals surface area contributed by atoms with Crippen molar-refractivity contribution in [2.24, 2.45) is 0 Å². The van der Waals surface area contributed by atoms with Gasteiger partial charge in [0, 0.05) is 22.0 Å². The first-order chi connectivity index (χ1) is 14.1. The topological polar surface area (TPSA) is 40.5 Å². The maximum atomic E-state index is 13.1. The van der Waals surface area contributed by atoms with E-state index >= 15 is 0 Å². The van der Waals surface area contributed by atoms with Crippen LogP contribution in [0.25, 0.3) is 5.57 Å². The largest absolute Gasteiger partial charge is 0.503 e. The van der Waals surface area contributed by atoms with E-state index in [1.54, 1.807) is 16.7 Å². The molecule has 1 atom stereocenters. The molecule has 0 bridgehead atoms. The van der Waals surface area contributed by atoms with E-state index in [9.17, 15) is 9.90 Å². The molecule has 1 N–H and O–H groups in total. The van der Waals surface area contributed by atoms with Gasteiger partial charge in [-0.15, -0.1) is 11.8 Å². The third-order valence-corrected chi connectivity index (χ3v) is 6.19.